The van der Waals surface area contributed by atoms with Gasteiger partial charge < -0.3 is 20.9 Å². The largest absolute Gasteiger partial charge is 0.385 e. The maximum absolute atomic E-state index is 15.5. The van der Waals surface area contributed by atoms with Crippen molar-refractivity contribution in [3.63, 3.8) is 0 Å². The normalized spacial score (nSPS) is 26.9. The van der Waals surface area contributed by atoms with Crippen LogP contribution in [-0.4, -0.2) is 113 Å². The summed E-state index contributed by atoms with van der Waals surface area (Å²) in [5.74, 6) is -1.91. The lowest BCUT2D eigenvalue weighted by Gasteiger charge is -2.48. The molecule has 6 heterocycles. The fraction of sp³-hybridized carbons (Fsp3) is 0.629. The van der Waals surface area contributed by atoms with Crippen LogP contribution in [0, 0.1) is 5.92 Å². The monoisotopic (exact) mass is 665 g/mol. The first kappa shape index (κ1) is 31.8. The van der Waals surface area contributed by atoms with E-state index in [9.17, 15) is 9.18 Å². The highest BCUT2D eigenvalue weighted by molar-refractivity contribution is 5.94. The van der Waals surface area contributed by atoms with Gasteiger partial charge in [0.05, 0.1) is 30.5 Å². The van der Waals surface area contributed by atoms with Crippen molar-refractivity contribution >= 4 is 28.7 Å². The highest BCUT2D eigenvalue weighted by Gasteiger charge is 2.49. The number of amides is 1. The third-order valence-electron chi connectivity index (χ3n) is 11.4. The van der Waals surface area contributed by atoms with Gasteiger partial charge in [0.25, 0.3) is 11.8 Å². The Bertz CT molecular complexity index is 1650. The predicted molar refractivity (Wildman–Crippen MR) is 179 cm³/mol. The minimum Gasteiger partial charge on any atom is -0.385 e. The maximum atomic E-state index is 15.5. The molecule has 5 aliphatic rings. The van der Waals surface area contributed by atoms with Gasteiger partial charge in [0.2, 0.25) is 0 Å². The van der Waals surface area contributed by atoms with E-state index in [2.05, 4.69) is 53.8 Å². The first-order valence-electron chi connectivity index (χ1n) is 17.8. The quantitative estimate of drug-likeness (QED) is 0.333. The Morgan fingerprint density at radius 1 is 1.06 bits per heavy atom. The van der Waals surface area contributed by atoms with E-state index in [1.165, 1.54) is 17.3 Å². The molecule has 1 amide bonds. The number of halogens is 3. The van der Waals surface area contributed by atoms with Crippen LogP contribution in [0.1, 0.15) is 60.1 Å². The highest BCUT2D eigenvalue weighted by Crippen LogP contribution is 2.40. The molecule has 3 atom stereocenters. The van der Waals surface area contributed by atoms with Gasteiger partial charge in [0.1, 0.15) is 6.17 Å². The number of aromatic nitrogens is 3. The van der Waals surface area contributed by atoms with E-state index in [-0.39, 0.29) is 24.2 Å². The smallest absolute Gasteiger partial charge is 0.275 e. The van der Waals surface area contributed by atoms with Crippen molar-refractivity contribution in [3.8, 4) is 0 Å². The summed E-state index contributed by atoms with van der Waals surface area (Å²) in [5, 5.41) is 14.1. The van der Waals surface area contributed by atoms with Crippen LogP contribution < -0.4 is 20.9 Å². The lowest BCUT2D eigenvalue weighted by molar-refractivity contribution is -0.140. The second-order valence-electron chi connectivity index (χ2n) is 14.4. The molecule has 10 nitrogen and oxygen atoms in total. The number of anilines is 3. The van der Waals surface area contributed by atoms with Gasteiger partial charge in [-0.2, -0.15) is 0 Å². The van der Waals surface area contributed by atoms with E-state index < -0.39 is 24.2 Å². The molecule has 258 valence electrons. The number of likely N-dealkylation sites (tertiary alicyclic amines) is 2. The van der Waals surface area contributed by atoms with Gasteiger partial charge in [0.15, 0.2) is 17.2 Å². The number of fused-ring (bicyclic) bond motifs is 2. The molecule has 13 heteroatoms. The molecule has 1 aromatic carbocycles. The van der Waals surface area contributed by atoms with E-state index >= 15 is 8.78 Å². The summed E-state index contributed by atoms with van der Waals surface area (Å²) in [4.78, 5) is 23.7. The second-order valence-corrected chi connectivity index (χ2v) is 14.4. The summed E-state index contributed by atoms with van der Waals surface area (Å²) in [7, 11) is 1.81. The average Bonchev–Trinajstić information content (AvgIpc) is 3.44. The van der Waals surface area contributed by atoms with Crippen LogP contribution in [0.5, 0.6) is 0 Å². The van der Waals surface area contributed by atoms with Crippen molar-refractivity contribution in [1.29, 1.82) is 0 Å². The summed E-state index contributed by atoms with van der Waals surface area (Å²) in [5.41, 5.74) is 5.26. The third-order valence-corrected chi connectivity index (χ3v) is 11.4. The molecule has 4 aliphatic heterocycles. The zero-order valence-electron chi connectivity index (χ0n) is 27.6. The molecule has 4 fully saturated rings. The van der Waals surface area contributed by atoms with Gasteiger partial charge in [-0.1, -0.05) is 12.1 Å². The molecule has 3 N–H and O–H groups in total. The van der Waals surface area contributed by atoms with Crippen molar-refractivity contribution in [3.05, 3.63) is 47.3 Å². The Hall–Kier alpha value is -3.42. The van der Waals surface area contributed by atoms with E-state index in [4.69, 9.17) is 5.10 Å². The Morgan fingerprint density at radius 3 is 2.56 bits per heavy atom. The van der Waals surface area contributed by atoms with Crippen LogP contribution in [0.15, 0.2) is 30.5 Å². The summed E-state index contributed by atoms with van der Waals surface area (Å²) in [6, 6.07) is 7.55. The van der Waals surface area contributed by atoms with E-state index in [0.717, 1.165) is 89.2 Å². The molecule has 2 aromatic heterocycles. The minimum absolute atomic E-state index is 0.109. The number of imidazole rings is 1. The second kappa shape index (κ2) is 12.8. The average molecular weight is 666 g/mol. The third kappa shape index (κ3) is 6.02. The van der Waals surface area contributed by atoms with E-state index in [1.54, 1.807) is 4.52 Å². The molecule has 3 saturated heterocycles. The molecular weight excluding hydrogens is 619 g/mol. The van der Waals surface area contributed by atoms with Crippen LogP contribution in [0.25, 0.3) is 5.65 Å². The van der Waals surface area contributed by atoms with Gasteiger partial charge in [0, 0.05) is 44.4 Å². The van der Waals surface area contributed by atoms with Gasteiger partial charge >= 0.3 is 0 Å². The summed E-state index contributed by atoms with van der Waals surface area (Å²) < 4.78 is 46.1. The molecule has 0 spiro atoms. The number of nitrogens with one attached hydrogen (secondary N) is 3. The lowest BCUT2D eigenvalue weighted by atomic mass is 9.86. The van der Waals surface area contributed by atoms with Crippen LogP contribution in [0.3, 0.4) is 0 Å². The standard InChI is InChI=1S/C35H46F3N9O/c1-39-28-19-32(43-47-30(20-41-33(28)47)34(48)42-27-18-26(27)36)46-16-9-25-23(3-2-4-29(25)46)17-22-7-13-44(14-8-22)31-10-15-45(21-35(31,37)38)24-5-11-40-12-6-24/h2-4,19-20,22,24,26-27,31,39-40H,5-18,21H2,1H3,(H,42,48)/t26-,27+,31?/m0/s1. The van der Waals surface area contributed by atoms with E-state index in [1.807, 2.05) is 13.1 Å². The number of rotatable bonds is 8. The fourth-order valence-electron chi connectivity index (χ4n) is 8.59. The lowest BCUT2D eigenvalue weighted by Crippen LogP contribution is -2.61. The van der Waals surface area contributed by atoms with Gasteiger partial charge in [-0.25, -0.2) is 22.7 Å². The molecular formula is C35H46F3N9O. The summed E-state index contributed by atoms with van der Waals surface area (Å²) >= 11 is 0. The highest BCUT2D eigenvalue weighted by atomic mass is 19.3. The molecule has 1 unspecified atom stereocenters. The number of alkyl halides is 3. The number of nitrogens with zero attached hydrogens (tertiary/aromatic N) is 6. The molecule has 8 rings (SSSR count). The number of hydrogen-bond donors (Lipinski definition) is 3. The van der Waals surface area contributed by atoms with Crippen LogP contribution in [0.4, 0.5) is 30.4 Å². The maximum Gasteiger partial charge on any atom is 0.275 e. The molecule has 48 heavy (non-hydrogen) atoms. The first-order valence-corrected chi connectivity index (χ1v) is 17.8. The molecule has 0 bridgehead atoms. The van der Waals surface area contributed by atoms with Crippen molar-refractivity contribution in [1.82, 2.24) is 35.0 Å². The SMILES string of the molecule is CNc1cc(N2CCc3c(CC4CCN(C5CCN(C6CCNCC6)CC5(F)F)CC4)cccc32)nn2c(C(=O)N[C@@H]3C[C@@H]3F)cnc12. The molecule has 1 saturated carbocycles. The first-order chi connectivity index (χ1) is 23.3. The molecule has 1 aliphatic carbocycles. The predicted octanol–water partition coefficient (Wildman–Crippen LogP) is 4.02. The van der Waals surface area contributed by atoms with Crippen LogP contribution in [0.2, 0.25) is 0 Å². The summed E-state index contributed by atoms with van der Waals surface area (Å²) in [6.07, 6.45) is 6.96. The minimum atomic E-state index is -2.68. The van der Waals surface area contributed by atoms with Crippen molar-refractivity contribution in [2.45, 2.75) is 81.6 Å². The zero-order valence-corrected chi connectivity index (χ0v) is 27.6. The number of carbonyl (C=O) groups is 1. The number of piperidine rings is 3. The Labute approximate surface area is 279 Å². The van der Waals surface area contributed by atoms with Crippen molar-refractivity contribution in [2.24, 2.45) is 5.92 Å². The van der Waals surface area contributed by atoms with Crippen molar-refractivity contribution < 1.29 is 18.0 Å². The zero-order chi connectivity index (χ0) is 33.0. The Morgan fingerprint density at radius 2 is 1.83 bits per heavy atom. The molecule has 0 radical (unpaired) electrons. The van der Waals surface area contributed by atoms with Crippen LogP contribution >= 0.6 is 0 Å². The number of benzene rings is 1. The molecule has 3 aromatic rings. The van der Waals surface area contributed by atoms with E-state index in [0.29, 0.717) is 30.2 Å². The number of hydrogen-bond acceptors (Lipinski definition) is 8. The summed E-state index contributed by atoms with van der Waals surface area (Å²) in [6.45, 7) is 4.71. The van der Waals surface area contributed by atoms with Gasteiger partial charge in [-0.3, -0.25) is 14.6 Å². The van der Waals surface area contributed by atoms with Gasteiger partial charge in [-0.05, 0) is 94.2 Å². The fourth-order valence-corrected chi connectivity index (χ4v) is 8.59. The van der Waals surface area contributed by atoms with Crippen LogP contribution in [-0.2, 0) is 12.8 Å². The van der Waals surface area contributed by atoms with Crippen molar-refractivity contribution in [2.75, 3.05) is 63.1 Å². The Kier molecular flexibility index (Phi) is 8.48. The Balaban J connectivity index is 0.937. The number of carbonyl (C=O) groups excluding carboxylic acids is 1. The topological polar surface area (TPSA) is 93.1 Å². The van der Waals surface area contributed by atoms with Gasteiger partial charge in [-0.15, -0.1) is 5.10 Å².